The number of carboxylic acid groups (broad SMARTS) is 1. The van der Waals surface area contributed by atoms with Gasteiger partial charge >= 0.3 is 5.97 Å². The van der Waals surface area contributed by atoms with Crippen LogP contribution in [0.4, 0.5) is 0 Å². The zero-order chi connectivity index (χ0) is 19.3. The Bertz CT molecular complexity index is 393. The van der Waals surface area contributed by atoms with Crippen molar-refractivity contribution in [2.24, 2.45) is 22.2 Å². The molecule has 4 heteroatoms. The number of hydrogen-bond acceptors (Lipinski definition) is 2. The van der Waals surface area contributed by atoms with Crippen LogP contribution in [0.25, 0.3) is 0 Å². The molecule has 0 aliphatic rings. The molecule has 0 amide bonds. The van der Waals surface area contributed by atoms with E-state index in [1.165, 1.54) is 0 Å². The predicted molar refractivity (Wildman–Crippen MR) is 106 cm³/mol. The Balaban J connectivity index is 6.04. The van der Waals surface area contributed by atoms with Gasteiger partial charge in [0.2, 0.25) is 0 Å². The molecule has 0 aliphatic heterocycles. The van der Waals surface area contributed by atoms with Gasteiger partial charge in [-0.15, -0.1) is 0 Å². The first kappa shape index (κ1) is 23.6. The molecule has 0 aromatic heterocycles. The molecule has 0 saturated carbocycles. The topological polar surface area (TPSA) is 46.5 Å². The monoisotopic (exact) mass is 358 g/mol. The smallest absolute Gasteiger partial charge is 0.310 e. The molecule has 0 bridgehead atoms. The van der Waals surface area contributed by atoms with Crippen molar-refractivity contribution in [3.05, 3.63) is 0 Å². The van der Waals surface area contributed by atoms with Gasteiger partial charge in [0.15, 0.2) is 9.04 Å². The molecule has 0 aliphatic carbocycles. The van der Waals surface area contributed by atoms with Crippen molar-refractivity contribution in [2.75, 3.05) is 0 Å². The van der Waals surface area contributed by atoms with Crippen molar-refractivity contribution < 1.29 is 14.3 Å². The lowest BCUT2D eigenvalue weighted by atomic mass is 9.51. The molecule has 1 N–H and O–H groups in total. The molecule has 0 aromatic carbocycles. The van der Waals surface area contributed by atoms with Crippen molar-refractivity contribution in [3.63, 3.8) is 0 Å². The van der Waals surface area contributed by atoms with Crippen LogP contribution in [-0.4, -0.2) is 26.2 Å². The molecule has 24 heavy (non-hydrogen) atoms. The van der Waals surface area contributed by atoms with Gasteiger partial charge in [0.05, 0.1) is 5.41 Å². The Morgan fingerprint density at radius 2 is 1.62 bits per heavy atom. The van der Waals surface area contributed by atoms with Gasteiger partial charge in [-0.05, 0) is 49.6 Å². The summed E-state index contributed by atoms with van der Waals surface area (Å²) < 4.78 is 6.11. The van der Waals surface area contributed by atoms with E-state index in [1.54, 1.807) is 0 Å². The Morgan fingerprint density at radius 3 is 1.92 bits per heavy atom. The van der Waals surface area contributed by atoms with Gasteiger partial charge in [0.1, 0.15) is 0 Å². The summed E-state index contributed by atoms with van der Waals surface area (Å²) in [5.41, 5.74) is -1.13. The molecule has 3 nitrogen and oxygen atoms in total. The minimum Gasteiger partial charge on any atom is -0.481 e. The molecule has 0 saturated heterocycles. The summed E-state index contributed by atoms with van der Waals surface area (Å²) in [6.07, 6.45) is 3.62. The zero-order valence-corrected chi connectivity index (χ0v) is 19.0. The highest BCUT2D eigenvalue weighted by molar-refractivity contribution is 6.48. The summed E-state index contributed by atoms with van der Waals surface area (Å²) in [5.74, 6) is -0.575. The van der Waals surface area contributed by atoms with Crippen LogP contribution in [0.15, 0.2) is 0 Å². The van der Waals surface area contributed by atoms with Crippen LogP contribution in [0.2, 0.25) is 13.1 Å². The minimum absolute atomic E-state index is 0.0665. The highest BCUT2D eigenvalue weighted by atomic mass is 28.3. The second-order valence-corrected chi connectivity index (χ2v) is 12.1. The van der Waals surface area contributed by atoms with E-state index in [1.807, 2.05) is 0 Å². The molecule has 2 unspecified atom stereocenters. The fraction of sp³-hybridized carbons (Fsp3) is 0.950. The summed E-state index contributed by atoms with van der Waals surface area (Å²) in [7, 11) is -1.13. The maximum Gasteiger partial charge on any atom is 0.310 e. The van der Waals surface area contributed by atoms with Crippen molar-refractivity contribution in [2.45, 2.75) is 100 Å². The molecular formula is C20H42O3Si. The Morgan fingerprint density at radius 1 is 1.12 bits per heavy atom. The van der Waals surface area contributed by atoms with Crippen LogP contribution in [0, 0.1) is 22.2 Å². The van der Waals surface area contributed by atoms with Gasteiger partial charge < -0.3 is 9.53 Å². The highest BCUT2D eigenvalue weighted by Crippen LogP contribution is 2.56. The first-order valence-electron chi connectivity index (χ1n) is 9.59. The third-order valence-corrected chi connectivity index (χ3v) is 6.37. The van der Waals surface area contributed by atoms with Gasteiger partial charge in [0, 0.05) is 6.10 Å². The van der Waals surface area contributed by atoms with E-state index >= 15 is 0 Å². The molecule has 0 rings (SSSR count). The maximum absolute atomic E-state index is 12.6. The van der Waals surface area contributed by atoms with E-state index in [9.17, 15) is 9.90 Å². The third kappa shape index (κ3) is 5.87. The van der Waals surface area contributed by atoms with E-state index in [-0.39, 0.29) is 22.9 Å². The predicted octanol–water partition coefficient (Wildman–Crippen LogP) is 5.73. The van der Waals surface area contributed by atoms with Crippen LogP contribution in [0.5, 0.6) is 0 Å². The van der Waals surface area contributed by atoms with Crippen molar-refractivity contribution >= 4 is 15.0 Å². The second-order valence-electron chi connectivity index (χ2n) is 9.78. The summed E-state index contributed by atoms with van der Waals surface area (Å²) in [4.78, 5) is 12.6. The number of carbonyl (C=O) groups is 1. The largest absolute Gasteiger partial charge is 0.481 e. The minimum atomic E-state index is -1.13. The quantitative estimate of drug-likeness (QED) is 0.535. The van der Waals surface area contributed by atoms with Crippen LogP contribution in [-0.2, 0) is 9.22 Å². The SMILES string of the molecule is CCCCC(C(=O)O)(C(C[C@H](C)O[SiH](C)C)C(C)(C)C)C(C)(C)C. The molecule has 0 radical (unpaired) electrons. The van der Waals surface area contributed by atoms with Crippen molar-refractivity contribution in [3.8, 4) is 0 Å². The Kier molecular flexibility index (Phi) is 8.71. The second kappa shape index (κ2) is 8.84. The summed E-state index contributed by atoms with van der Waals surface area (Å²) in [5, 5.41) is 10.4. The van der Waals surface area contributed by atoms with E-state index < -0.39 is 20.4 Å². The lowest BCUT2D eigenvalue weighted by molar-refractivity contribution is -0.171. The van der Waals surface area contributed by atoms with E-state index in [2.05, 4.69) is 68.5 Å². The average molecular weight is 359 g/mol. The third-order valence-electron chi connectivity index (χ3n) is 5.36. The summed E-state index contributed by atoms with van der Waals surface area (Å²) in [6, 6.07) is 0. The van der Waals surface area contributed by atoms with Crippen LogP contribution >= 0.6 is 0 Å². The summed E-state index contributed by atoms with van der Waals surface area (Å²) >= 11 is 0. The van der Waals surface area contributed by atoms with Crippen LogP contribution < -0.4 is 0 Å². The number of rotatable bonds is 9. The van der Waals surface area contributed by atoms with Crippen LogP contribution in [0.3, 0.4) is 0 Å². The molecular weight excluding hydrogens is 316 g/mol. The number of hydrogen-bond donors (Lipinski definition) is 1. The number of unbranched alkanes of at least 4 members (excludes halogenated alkanes) is 1. The average Bonchev–Trinajstić information content (AvgIpc) is 2.33. The lowest BCUT2D eigenvalue weighted by Crippen LogP contribution is -2.53. The first-order valence-corrected chi connectivity index (χ1v) is 12.4. The van der Waals surface area contributed by atoms with Crippen molar-refractivity contribution in [1.29, 1.82) is 0 Å². The molecule has 0 aromatic rings. The normalized spacial score (nSPS) is 18.3. The molecule has 0 spiro atoms. The lowest BCUT2D eigenvalue weighted by Gasteiger charge is -2.52. The number of aliphatic carboxylic acids is 1. The van der Waals surface area contributed by atoms with Gasteiger partial charge in [-0.2, -0.15) is 0 Å². The highest BCUT2D eigenvalue weighted by Gasteiger charge is 2.56. The van der Waals surface area contributed by atoms with E-state index in [4.69, 9.17) is 4.43 Å². The summed E-state index contributed by atoms with van der Waals surface area (Å²) in [6.45, 7) is 21.4. The first-order chi connectivity index (χ1) is 10.7. The van der Waals surface area contributed by atoms with E-state index in [0.717, 1.165) is 25.7 Å². The van der Waals surface area contributed by atoms with Gasteiger partial charge in [-0.25, -0.2) is 0 Å². The molecule has 0 fully saturated rings. The van der Waals surface area contributed by atoms with Crippen molar-refractivity contribution in [1.82, 2.24) is 0 Å². The Hall–Kier alpha value is -0.353. The molecule has 144 valence electrons. The fourth-order valence-corrected chi connectivity index (χ4v) is 5.29. The van der Waals surface area contributed by atoms with E-state index in [0.29, 0.717) is 0 Å². The van der Waals surface area contributed by atoms with Gasteiger partial charge in [-0.3, -0.25) is 4.79 Å². The van der Waals surface area contributed by atoms with Crippen LogP contribution in [0.1, 0.15) is 81.1 Å². The number of carboxylic acids is 1. The Labute approximate surface area is 152 Å². The van der Waals surface area contributed by atoms with Gasteiger partial charge in [-0.1, -0.05) is 61.3 Å². The standard InChI is InChI=1S/C20H42O3Si/c1-11-12-13-20(17(21)22,19(6,7)8)16(18(3,4)5)14-15(2)23-24(9)10/h15-16,24H,11-14H2,1-10H3,(H,21,22)/t15-,16?,20?/m0/s1. The molecule has 0 heterocycles. The molecule has 3 atom stereocenters. The zero-order valence-electron chi connectivity index (χ0n) is 17.8. The van der Waals surface area contributed by atoms with Gasteiger partial charge in [0.25, 0.3) is 0 Å². The maximum atomic E-state index is 12.6. The fourth-order valence-electron chi connectivity index (χ4n) is 4.25.